The largest absolute Gasteiger partial charge is 0.490 e. The highest BCUT2D eigenvalue weighted by molar-refractivity contribution is 6.10. The number of rotatable bonds is 6. The summed E-state index contributed by atoms with van der Waals surface area (Å²) >= 11 is 0. The highest BCUT2D eigenvalue weighted by Crippen LogP contribution is 2.31. The number of Topliss-reactive ketones (excluding diaryl/α,β-unsaturated/α-hetero) is 1. The average molecular weight is 273 g/mol. The first-order valence-electron chi connectivity index (χ1n) is 7.32. The molecule has 0 aliphatic carbocycles. The predicted octanol–water partition coefficient (Wildman–Crippen LogP) is 4.57. The lowest BCUT2D eigenvalue weighted by molar-refractivity contribution is 0.0965. The van der Waals surface area contributed by atoms with Crippen molar-refractivity contribution in [1.82, 2.24) is 4.98 Å². The number of nitrogens with one attached hydrogen (secondary N) is 1. The molecule has 1 aromatic carbocycles. The maximum absolute atomic E-state index is 12.5. The molecule has 0 saturated carbocycles. The van der Waals surface area contributed by atoms with Crippen LogP contribution in [-0.2, 0) is 0 Å². The van der Waals surface area contributed by atoms with Gasteiger partial charge in [-0.2, -0.15) is 0 Å². The summed E-state index contributed by atoms with van der Waals surface area (Å²) in [5.41, 5.74) is 1.70. The maximum Gasteiger partial charge on any atom is 0.165 e. The Morgan fingerprint density at radius 1 is 1.30 bits per heavy atom. The fraction of sp³-hybridized carbons (Fsp3) is 0.471. The van der Waals surface area contributed by atoms with E-state index in [0.717, 1.165) is 28.6 Å². The fourth-order valence-corrected chi connectivity index (χ4v) is 2.29. The van der Waals surface area contributed by atoms with Crippen LogP contribution in [0.15, 0.2) is 24.4 Å². The number of hydrogen-bond donors (Lipinski definition) is 1. The summed E-state index contributed by atoms with van der Waals surface area (Å²) in [4.78, 5) is 15.6. The SMILES string of the molecule is CCC(C)CC(=O)c1c[nH]c2cccc(OC(C)C)c12. The molecule has 1 heterocycles. The number of benzene rings is 1. The molecule has 2 rings (SSSR count). The Morgan fingerprint density at radius 3 is 2.70 bits per heavy atom. The lowest BCUT2D eigenvalue weighted by Crippen LogP contribution is -2.08. The maximum atomic E-state index is 12.5. The standard InChI is InChI=1S/C17H23NO2/c1-5-12(4)9-15(19)13-10-18-14-7-6-8-16(17(13)14)20-11(2)3/h6-8,10-12,18H,5,9H2,1-4H3. The van der Waals surface area contributed by atoms with E-state index in [1.165, 1.54) is 0 Å². The highest BCUT2D eigenvalue weighted by atomic mass is 16.5. The Morgan fingerprint density at radius 2 is 2.05 bits per heavy atom. The third kappa shape index (κ3) is 3.03. The summed E-state index contributed by atoms with van der Waals surface area (Å²) in [5.74, 6) is 1.38. The predicted molar refractivity (Wildman–Crippen MR) is 82.5 cm³/mol. The Hall–Kier alpha value is -1.77. The van der Waals surface area contributed by atoms with Crippen LogP contribution in [0.25, 0.3) is 10.9 Å². The molecule has 0 bridgehead atoms. The summed E-state index contributed by atoms with van der Waals surface area (Å²) in [5, 5.41) is 0.912. The quantitative estimate of drug-likeness (QED) is 0.783. The number of aromatic nitrogens is 1. The van der Waals surface area contributed by atoms with Crippen LogP contribution in [0.5, 0.6) is 5.75 Å². The third-order valence-electron chi connectivity index (χ3n) is 3.56. The van der Waals surface area contributed by atoms with E-state index in [4.69, 9.17) is 4.74 Å². The first-order chi connectivity index (χ1) is 9.52. The molecule has 0 radical (unpaired) electrons. The van der Waals surface area contributed by atoms with Gasteiger partial charge >= 0.3 is 0 Å². The molecule has 1 unspecified atom stereocenters. The smallest absolute Gasteiger partial charge is 0.165 e. The van der Waals surface area contributed by atoms with Crippen molar-refractivity contribution in [1.29, 1.82) is 0 Å². The van der Waals surface area contributed by atoms with E-state index in [9.17, 15) is 4.79 Å². The molecule has 0 fully saturated rings. The monoisotopic (exact) mass is 273 g/mol. The summed E-state index contributed by atoms with van der Waals surface area (Å²) < 4.78 is 5.84. The van der Waals surface area contributed by atoms with Gasteiger partial charge in [0.15, 0.2) is 5.78 Å². The number of ether oxygens (including phenoxy) is 1. The Kier molecular flexibility index (Phi) is 4.48. The molecule has 1 atom stereocenters. The van der Waals surface area contributed by atoms with E-state index >= 15 is 0 Å². The average Bonchev–Trinajstić information content (AvgIpc) is 2.83. The third-order valence-corrected chi connectivity index (χ3v) is 3.56. The topological polar surface area (TPSA) is 42.1 Å². The summed E-state index contributed by atoms with van der Waals surface area (Å²) in [6.45, 7) is 8.21. The van der Waals surface area contributed by atoms with Crippen molar-refractivity contribution >= 4 is 16.7 Å². The Balaban J connectivity index is 2.41. The summed E-state index contributed by atoms with van der Waals surface area (Å²) in [6.07, 6.45) is 3.50. The van der Waals surface area contributed by atoms with Gasteiger partial charge in [-0.25, -0.2) is 0 Å². The van der Waals surface area contributed by atoms with Gasteiger partial charge < -0.3 is 9.72 Å². The van der Waals surface area contributed by atoms with Crippen molar-refractivity contribution in [2.75, 3.05) is 0 Å². The molecule has 0 aliphatic heterocycles. The van der Waals surface area contributed by atoms with Crippen LogP contribution in [0.1, 0.15) is 50.9 Å². The number of aromatic amines is 1. The van der Waals surface area contributed by atoms with Crippen molar-refractivity contribution in [3.63, 3.8) is 0 Å². The van der Waals surface area contributed by atoms with E-state index < -0.39 is 0 Å². The van der Waals surface area contributed by atoms with Gasteiger partial charge in [0.05, 0.1) is 11.5 Å². The van der Waals surface area contributed by atoms with Crippen molar-refractivity contribution < 1.29 is 9.53 Å². The van der Waals surface area contributed by atoms with Gasteiger partial charge in [0.25, 0.3) is 0 Å². The number of hydrogen-bond acceptors (Lipinski definition) is 2. The van der Waals surface area contributed by atoms with Crippen LogP contribution >= 0.6 is 0 Å². The minimum absolute atomic E-state index is 0.0908. The van der Waals surface area contributed by atoms with Crippen LogP contribution in [0.2, 0.25) is 0 Å². The normalized spacial score (nSPS) is 12.8. The van der Waals surface area contributed by atoms with Gasteiger partial charge in [0, 0.05) is 23.7 Å². The van der Waals surface area contributed by atoms with Crippen LogP contribution in [-0.4, -0.2) is 16.9 Å². The molecule has 2 aromatic rings. The van der Waals surface area contributed by atoms with Crippen LogP contribution < -0.4 is 4.74 Å². The van der Waals surface area contributed by atoms with Crippen molar-refractivity contribution in [2.45, 2.75) is 46.6 Å². The molecule has 0 spiro atoms. The molecule has 20 heavy (non-hydrogen) atoms. The number of carbonyl (C=O) groups excluding carboxylic acids is 1. The Labute approximate surface area is 120 Å². The number of carbonyl (C=O) groups is 1. The van der Waals surface area contributed by atoms with Gasteiger partial charge in [-0.05, 0) is 31.9 Å². The lowest BCUT2D eigenvalue weighted by Gasteiger charge is -2.12. The van der Waals surface area contributed by atoms with E-state index in [2.05, 4.69) is 18.8 Å². The van der Waals surface area contributed by atoms with Gasteiger partial charge in [0.2, 0.25) is 0 Å². The minimum Gasteiger partial charge on any atom is -0.490 e. The molecular formula is C17H23NO2. The lowest BCUT2D eigenvalue weighted by atomic mass is 9.97. The van der Waals surface area contributed by atoms with Crippen LogP contribution in [0, 0.1) is 5.92 Å². The Bertz CT molecular complexity index is 598. The second-order valence-corrected chi connectivity index (χ2v) is 5.69. The van der Waals surface area contributed by atoms with Crippen LogP contribution in [0.3, 0.4) is 0 Å². The molecule has 3 nitrogen and oxygen atoms in total. The van der Waals surface area contributed by atoms with Crippen molar-refractivity contribution in [3.05, 3.63) is 30.0 Å². The number of ketones is 1. The number of fused-ring (bicyclic) bond motifs is 1. The highest BCUT2D eigenvalue weighted by Gasteiger charge is 2.17. The first-order valence-corrected chi connectivity index (χ1v) is 7.32. The molecule has 3 heteroatoms. The zero-order valence-corrected chi connectivity index (χ0v) is 12.7. The van der Waals surface area contributed by atoms with E-state index in [1.807, 2.05) is 38.2 Å². The van der Waals surface area contributed by atoms with E-state index in [1.54, 1.807) is 0 Å². The molecular weight excluding hydrogens is 250 g/mol. The second kappa shape index (κ2) is 6.12. The zero-order chi connectivity index (χ0) is 14.7. The summed E-state index contributed by atoms with van der Waals surface area (Å²) in [7, 11) is 0. The number of H-pyrrole nitrogens is 1. The molecule has 1 aromatic heterocycles. The zero-order valence-electron chi connectivity index (χ0n) is 12.7. The van der Waals surface area contributed by atoms with Gasteiger partial charge in [0.1, 0.15) is 5.75 Å². The molecule has 0 aliphatic rings. The fourth-order valence-electron chi connectivity index (χ4n) is 2.29. The van der Waals surface area contributed by atoms with E-state index in [0.29, 0.717) is 12.3 Å². The second-order valence-electron chi connectivity index (χ2n) is 5.69. The van der Waals surface area contributed by atoms with E-state index in [-0.39, 0.29) is 11.9 Å². The molecule has 1 N–H and O–H groups in total. The van der Waals surface area contributed by atoms with Gasteiger partial charge in [-0.15, -0.1) is 0 Å². The molecule has 0 saturated heterocycles. The van der Waals surface area contributed by atoms with Gasteiger partial charge in [-0.3, -0.25) is 4.79 Å². The minimum atomic E-state index is 0.0908. The first kappa shape index (κ1) is 14.6. The molecule has 108 valence electrons. The van der Waals surface area contributed by atoms with Crippen molar-refractivity contribution in [2.24, 2.45) is 5.92 Å². The van der Waals surface area contributed by atoms with Crippen molar-refractivity contribution in [3.8, 4) is 5.75 Å². The summed E-state index contributed by atoms with van der Waals surface area (Å²) in [6, 6.07) is 5.85. The van der Waals surface area contributed by atoms with Gasteiger partial charge in [-0.1, -0.05) is 26.3 Å². The molecule has 0 amide bonds. The van der Waals surface area contributed by atoms with Crippen LogP contribution in [0.4, 0.5) is 0 Å².